The molecule has 2 aromatic carbocycles. The lowest BCUT2D eigenvalue weighted by Crippen LogP contribution is -2.40. The van der Waals surface area contributed by atoms with Gasteiger partial charge in [0.15, 0.2) is 11.5 Å². The van der Waals surface area contributed by atoms with Crippen LogP contribution in [0.2, 0.25) is 0 Å². The summed E-state index contributed by atoms with van der Waals surface area (Å²) in [5, 5.41) is 3.65. The average Bonchev–Trinajstić information content (AvgIpc) is 3.52. The molecule has 1 amide bonds. The lowest BCUT2D eigenvalue weighted by molar-refractivity contribution is 0.0772. The van der Waals surface area contributed by atoms with E-state index in [0.29, 0.717) is 42.0 Å². The molecule has 0 aliphatic carbocycles. The number of ether oxygens (including phenoxy) is 4. The van der Waals surface area contributed by atoms with Gasteiger partial charge in [0.1, 0.15) is 0 Å². The number of anilines is 1. The quantitative estimate of drug-likeness (QED) is 0.163. The first-order valence-electron chi connectivity index (χ1n) is 16.4. The van der Waals surface area contributed by atoms with Crippen molar-refractivity contribution in [2.75, 3.05) is 66.5 Å². The molecule has 0 bridgehead atoms. The van der Waals surface area contributed by atoms with Crippen LogP contribution in [0.15, 0.2) is 54.9 Å². The van der Waals surface area contributed by atoms with Crippen LogP contribution in [-0.2, 0) is 4.74 Å². The molecule has 11 nitrogen and oxygen atoms in total. The van der Waals surface area contributed by atoms with E-state index in [4.69, 9.17) is 23.9 Å². The molecule has 0 spiro atoms. The molecule has 47 heavy (non-hydrogen) atoms. The predicted molar refractivity (Wildman–Crippen MR) is 184 cm³/mol. The Bertz CT molecular complexity index is 1580. The molecule has 0 saturated carbocycles. The number of H-pyrrole nitrogens is 1. The van der Waals surface area contributed by atoms with Crippen molar-refractivity contribution < 1.29 is 23.7 Å². The molecular formula is C36H48N6O5. The molecule has 2 unspecified atom stereocenters. The van der Waals surface area contributed by atoms with E-state index < -0.39 is 0 Å². The Morgan fingerprint density at radius 3 is 2.40 bits per heavy atom. The molecule has 11 heteroatoms. The fourth-order valence-electron chi connectivity index (χ4n) is 6.46. The first-order chi connectivity index (χ1) is 22.8. The number of nitrogens with zero attached hydrogens (tertiary/aromatic N) is 4. The van der Waals surface area contributed by atoms with Crippen molar-refractivity contribution in [1.29, 1.82) is 0 Å². The Morgan fingerprint density at radius 1 is 1.06 bits per heavy atom. The van der Waals surface area contributed by atoms with Crippen LogP contribution >= 0.6 is 0 Å². The van der Waals surface area contributed by atoms with Gasteiger partial charge in [-0.25, -0.2) is 4.98 Å². The number of fused-ring (bicyclic) bond motifs is 1. The minimum Gasteiger partial charge on any atom is -0.493 e. The summed E-state index contributed by atoms with van der Waals surface area (Å²) in [7, 11) is 6.49. The number of likely N-dealkylation sites (N-methyl/N-ethyl adjacent to an activating group) is 1. The molecule has 3 heterocycles. The van der Waals surface area contributed by atoms with Gasteiger partial charge in [0.05, 0.1) is 38.5 Å². The first kappa shape index (κ1) is 34.0. The van der Waals surface area contributed by atoms with E-state index in [2.05, 4.69) is 39.2 Å². The number of methoxy groups -OCH3 is 3. The molecule has 5 rings (SSSR count). The van der Waals surface area contributed by atoms with Gasteiger partial charge in [-0.3, -0.25) is 9.78 Å². The Labute approximate surface area is 277 Å². The predicted octanol–water partition coefficient (Wildman–Crippen LogP) is 5.90. The zero-order valence-electron chi connectivity index (χ0n) is 28.4. The van der Waals surface area contributed by atoms with Gasteiger partial charge in [0.2, 0.25) is 11.7 Å². The second-order valence-electron chi connectivity index (χ2n) is 12.1. The summed E-state index contributed by atoms with van der Waals surface area (Å²) in [6, 6.07) is 14.0. The molecule has 1 saturated heterocycles. The van der Waals surface area contributed by atoms with Crippen LogP contribution < -0.4 is 19.5 Å². The summed E-state index contributed by atoms with van der Waals surface area (Å²) in [6.45, 7) is 8.24. The van der Waals surface area contributed by atoms with Crippen molar-refractivity contribution in [2.45, 2.75) is 51.2 Å². The third-order valence-electron chi connectivity index (χ3n) is 9.05. The minimum atomic E-state index is -0.111. The second kappa shape index (κ2) is 16.0. The van der Waals surface area contributed by atoms with Gasteiger partial charge in [-0.2, -0.15) is 0 Å². The lowest BCUT2D eigenvalue weighted by atomic mass is 9.94. The van der Waals surface area contributed by atoms with E-state index >= 15 is 0 Å². The van der Waals surface area contributed by atoms with Crippen LogP contribution in [0.25, 0.3) is 11.0 Å². The Kier molecular flexibility index (Phi) is 11.6. The van der Waals surface area contributed by atoms with Crippen LogP contribution in [0, 0.1) is 0 Å². The van der Waals surface area contributed by atoms with Crippen molar-refractivity contribution in [1.82, 2.24) is 24.8 Å². The molecule has 1 aliphatic rings. The molecule has 2 N–H and O–H groups in total. The highest BCUT2D eigenvalue weighted by Gasteiger charge is 2.25. The van der Waals surface area contributed by atoms with Crippen LogP contribution in [0.3, 0.4) is 0 Å². The fourth-order valence-corrected chi connectivity index (χ4v) is 6.46. The van der Waals surface area contributed by atoms with E-state index in [1.165, 1.54) is 5.56 Å². The number of carbonyl (C=O) groups is 1. The fraction of sp³-hybridized carbons (Fsp3) is 0.472. The number of rotatable bonds is 15. The Balaban J connectivity index is 1.19. The summed E-state index contributed by atoms with van der Waals surface area (Å²) in [5.74, 6) is 2.21. The van der Waals surface area contributed by atoms with Crippen LogP contribution in [0.4, 0.5) is 5.95 Å². The molecule has 2 atom stereocenters. The maximum atomic E-state index is 13.6. The summed E-state index contributed by atoms with van der Waals surface area (Å²) < 4.78 is 22.2. The highest BCUT2D eigenvalue weighted by atomic mass is 16.5. The van der Waals surface area contributed by atoms with Gasteiger partial charge in [-0.05, 0) is 75.5 Å². The van der Waals surface area contributed by atoms with E-state index in [1.807, 2.05) is 44.6 Å². The molecular weight excluding hydrogens is 596 g/mol. The highest BCUT2D eigenvalue weighted by Crippen LogP contribution is 2.38. The van der Waals surface area contributed by atoms with Gasteiger partial charge < -0.3 is 39.0 Å². The molecule has 2 aromatic heterocycles. The molecule has 252 valence electrons. The summed E-state index contributed by atoms with van der Waals surface area (Å²) in [5.41, 5.74) is 4.73. The second-order valence-corrected chi connectivity index (χ2v) is 12.1. The van der Waals surface area contributed by atoms with E-state index in [1.54, 1.807) is 38.4 Å². The minimum absolute atomic E-state index is 0.00792. The highest BCUT2D eigenvalue weighted by molar-refractivity contribution is 5.95. The first-order valence-corrected chi connectivity index (χ1v) is 16.4. The number of likely N-dealkylation sites (tertiary alicyclic amines) is 1. The summed E-state index contributed by atoms with van der Waals surface area (Å²) in [6.07, 6.45) is 6.60. The molecule has 1 fully saturated rings. The van der Waals surface area contributed by atoms with E-state index in [0.717, 1.165) is 61.4 Å². The third-order valence-corrected chi connectivity index (χ3v) is 9.05. The maximum Gasteiger partial charge on any atom is 0.253 e. The Morgan fingerprint density at radius 2 is 1.77 bits per heavy atom. The number of piperidine rings is 1. The van der Waals surface area contributed by atoms with Crippen molar-refractivity contribution >= 4 is 22.9 Å². The standard InChI is InChI=1S/C36H48N6O5/c1-7-47-24(2)29-9-8-10-30-33(29)40-36(39-30)38-28-14-19-42(20-15-28)18-13-26(25-11-16-37-17-12-25)23-41(3)35(43)27-21-31(44-4)34(46-6)32(22-27)45-5/h8-12,16-17,21-22,24,26,28H,7,13-15,18-20,23H2,1-6H3,(H2,38,39,40). The molecule has 1 aliphatic heterocycles. The maximum absolute atomic E-state index is 13.6. The van der Waals surface area contributed by atoms with Gasteiger partial charge in [0.25, 0.3) is 5.91 Å². The normalized spacial score (nSPS) is 15.3. The number of carbonyl (C=O) groups excluding carboxylic acids is 1. The summed E-state index contributed by atoms with van der Waals surface area (Å²) in [4.78, 5) is 30.5. The molecule has 0 radical (unpaired) electrons. The number of benzene rings is 2. The average molecular weight is 645 g/mol. The SMILES string of the molecule is CCOC(C)c1cccc2[nH]c(NC3CCN(CCC(CN(C)C(=O)c4cc(OC)c(OC)c(OC)c4)c4ccncc4)CC3)nc12. The number of pyridine rings is 1. The largest absolute Gasteiger partial charge is 0.493 e. The summed E-state index contributed by atoms with van der Waals surface area (Å²) >= 11 is 0. The van der Waals surface area contributed by atoms with Gasteiger partial charge >= 0.3 is 0 Å². The number of hydrogen-bond acceptors (Lipinski definition) is 9. The van der Waals surface area contributed by atoms with Crippen molar-refractivity contribution in [2.24, 2.45) is 0 Å². The smallest absolute Gasteiger partial charge is 0.253 e. The number of hydrogen-bond donors (Lipinski definition) is 2. The Hall–Kier alpha value is -4.35. The van der Waals surface area contributed by atoms with Crippen molar-refractivity contribution in [3.8, 4) is 17.2 Å². The number of nitrogens with one attached hydrogen (secondary N) is 2. The zero-order valence-corrected chi connectivity index (χ0v) is 28.4. The van der Waals surface area contributed by atoms with E-state index in [9.17, 15) is 4.79 Å². The zero-order chi connectivity index (χ0) is 33.3. The van der Waals surface area contributed by atoms with Crippen LogP contribution in [-0.4, -0.2) is 97.9 Å². The van der Waals surface area contributed by atoms with E-state index in [-0.39, 0.29) is 17.9 Å². The third kappa shape index (κ3) is 8.15. The number of para-hydroxylation sites is 1. The van der Waals surface area contributed by atoms with Crippen molar-refractivity contribution in [3.63, 3.8) is 0 Å². The van der Waals surface area contributed by atoms with Crippen LogP contribution in [0.5, 0.6) is 17.2 Å². The van der Waals surface area contributed by atoms with Crippen molar-refractivity contribution in [3.05, 3.63) is 71.5 Å². The monoisotopic (exact) mass is 644 g/mol. The lowest BCUT2D eigenvalue weighted by Gasteiger charge is -2.33. The number of aromatic amines is 1. The topological polar surface area (TPSA) is 114 Å². The number of aromatic nitrogens is 3. The van der Waals surface area contributed by atoms with Gasteiger partial charge in [0, 0.05) is 68.8 Å². The number of imidazole rings is 1. The van der Waals surface area contributed by atoms with Gasteiger partial charge in [-0.15, -0.1) is 0 Å². The van der Waals surface area contributed by atoms with Gasteiger partial charge in [-0.1, -0.05) is 12.1 Å². The number of amides is 1. The van der Waals surface area contributed by atoms with Crippen LogP contribution in [0.1, 0.15) is 66.6 Å². The molecule has 4 aromatic rings.